The highest BCUT2D eigenvalue weighted by atomic mass is 15.0. The van der Waals surface area contributed by atoms with E-state index in [0.29, 0.717) is 6.54 Å². The third kappa shape index (κ3) is 2.49. The van der Waals surface area contributed by atoms with Crippen LogP contribution in [0.15, 0.2) is 48.8 Å². The van der Waals surface area contributed by atoms with E-state index in [4.69, 9.17) is 5.73 Å². The van der Waals surface area contributed by atoms with Crippen molar-refractivity contribution in [3.63, 3.8) is 0 Å². The summed E-state index contributed by atoms with van der Waals surface area (Å²) in [6, 6.07) is 6.00. The largest absolute Gasteiger partial charge is 0.381 e. The molecule has 0 fully saturated rings. The van der Waals surface area contributed by atoms with Crippen molar-refractivity contribution >= 4 is 0 Å². The van der Waals surface area contributed by atoms with Gasteiger partial charge < -0.3 is 11.1 Å². The quantitative estimate of drug-likeness (QED) is 0.798. The van der Waals surface area contributed by atoms with Crippen LogP contribution in [0.2, 0.25) is 0 Å². The third-order valence-electron chi connectivity index (χ3n) is 2.91. The minimum Gasteiger partial charge on any atom is -0.381 e. The summed E-state index contributed by atoms with van der Waals surface area (Å²) in [6.07, 6.45) is 11.8. The van der Waals surface area contributed by atoms with Crippen LogP contribution in [-0.2, 0) is 6.42 Å². The van der Waals surface area contributed by atoms with Crippen LogP contribution < -0.4 is 11.1 Å². The average Bonchev–Trinajstić information content (AvgIpc) is 2.39. The second-order valence-electron chi connectivity index (χ2n) is 4.04. The number of allylic oxidation sites excluding steroid dienone is 2. The van der Waals surface area contributed by atoms with Crippen molar-refractivity contribution < 1.29 is 0 Å². The lowest BCUT2D eigenvalue weighted by Gasteiger charge is -2.31. The van der Waals surface area contributed by atoms with Crippen LogP contribution in [0.4, 0.5) is 0 Å². The van der Waals surface area contributed by atoms with Crippen LogP contribution in [0, 0.1) is 0 Å². The van der Waals surface area contributed by atoms with E-state index in [1.807, 2.05) is 42.7 Å². The molecular weight excluding hydrogens is 198 g/mol. The number of nitrogens with zero attached hydrogens (tertiary/aromatic N) is 1. The molecule has 3 nitrogen and oxygen atoms in total. The molecule has 1 unspecified atom stereocenters. The molecule has 0 amide bonds. The number of nitrogens with one attached hydrogen (secondary N) is 1. The summed E-state index contributed by atoms with van der Waals surface area (Å²) in [4.78, 5) is 4.32. The van der Waals surface area contributed by atoms with Crippen LogP contribution in [0.1, 0.15) is 12.1 Å². The normalized spacial score (nSPS) is 23.1. The average molecular weight is 215 g/mol. The Balaban J connectivity index is 1.98. The fourth-order valence-electron chi connectivity index (χ4n) is 1.84. The van der Waals surface area contributed by atoms with Crippen LogP contribution in [-0.4, -0.2) is 17.1 Å². The van der Waals surface area contributed by atoms with E-state index >= 15 is 0 Å². The first kappa shape index (κ1) is 10.9. The van der Waals surface area contributed by atoms with Crippen LogP contribution in [0.3, 0.4) is 0 Å². The second kappa shape index (κ2) is 4.94. The molecule has 1 aliphatic heterocycles. The Bertz CT molecular complexity index is 383. The van der Waals surface area contributed by atoms with Crippen LogP contribution in [0.25, 0.3) is 0 Å². The number of dihydropyridines is 1. The summed E-state index contributed by atoms with van der Waals surface area (Å²) >= 11 is 0. The minimum absolute atomic E-state index is 0.105. The van der Waals surface area contributed by atoms with Crippen molar-refractivity contribution in [2.75, 3.05) is 6.54 Å². The summed E-state index contributed by atoms with van der Waals surface area (Å²) in [6.45, 7) is 0.598. The fourth-order valence-corrected chi connectivity index (χ4v) is 1.84. The van der Waals surface area contributed by atoms with Gasteiger partial charge in [-0.25, -0.2) is 0 Å². The van der Waals surface area contributed by atoms with Crippen molar-refractivity contribution in [1.82, 2.24) is 10.3 Å². The van der Waals surface area contributed by atoms with Crippen molar-refractivity contribution in [2.45, 2.75) is 18.4 Å². The summed E-state index contributed by atoms with van der Waals surface area (Å²) in [5.41, 5.74) is 6.84. The monoisotopic (exact) mass is 215 g/mol. The van der Waals surface area contributed by atoms with Gasteiger partial charge in [-0.15, -0.1) is 0 Å². The van der Waals surface area contributed by atoms with E-state index in [0.717, 1.165) is 18.5 Å². The SMILES string of the molecule is NCC1(CCc2ccccn2)C=CC=CN1. The molecule has 3 N–H and O–H groups in total. The molecule has 1 aliphatic rings. The molecular formula is C13H17N3. The Morgan fingerprint density at radius 1 is 1.31 bits per heavy atom. The number of nitrogens with two attached hydrogens (primary N) is 1. The van der Waals surface area contributed by atoms with Crippen LogP contribution >= 0.6 is 0 Å². The third-order valence-corrected chi connectivity index (χ3v) is 2.91. The number of aryl methyl sites for hydroxylation is 1. The molecule has 16 heavy (non-hydrogen) atoms. The standard InChI is InChI=1S/C13H17N3/c14-11-13(7-2-4-10-16-13)8-6-12-5-1-3-9-15-12/h1-5,7,9-10,16H,6,8,11,14H2. The van der Waals surface area contributed by atoms with Crippen molar-refractivity contribution in [3.05, 3.63) is 54.5 Å². The predicted molar refractivity (Wildman–Crippen MR) is 65.8 cm³/mol. The summed E-state index contributed by atoms with van der Waals surface area (Å²) in [7, 11) is 0. The molecule has 0 aromatic carbocycles. The van der Waals surface area contributed by atoms with Gasteiger partial charge in [0.2, 0.25) is 0 Å². The molecule has 2 rings (SSSR count). The van der Waals surface area contributed by atoms with Gasteiger partial charge in [0.05, 0.1) is 5.54 Å². The minimum atomic E-state index is -0.105. The Morgan fingerprint density at radius 2 is 2.25 bits per heavy atom. The predicted octanol–water partition coefficient (Wildman–Crippen LogP) is 1.38. The fraction of sp³-hybridized carbons (Fsp3) is 0.308. The van der Waals surface area contributed by atoms with E-state index in [1.165, 1.54) is 0 Å². The van der Waals surface area contributed by atoms with E-state index < -0.39 is 0 Å². The molecule has 2 heterocycles. The highest BCUT2D eigenvalue weighted by Crippen LogP contribution is 2.16. The van der Waals surface area contributed by atoms with E-state index in [9.17, 15) is 0 Å². The van der Waals surface area contributed by atoms with E-state index in [-0.39, 0.29) is 5.54 Å². The van der Waals surface area contributed by atoms with Crippen molar-refractivity contribution in [2.24, 2.45) is 5.73 Å². The molecule has 0 radical (unpaired) electrons. The van der Waals surface area contributed by atoms with Gasteiger partial charge >= 0.3 is 0 Å². The highest BCUT2D eigenvalue weighted by molar-refractivity contribution is 5.21. The molecule has 0 saturated carbocycles. The molecule has 1 aromatic heterocycles. The van der Waals surface area contributed by atoms with E-state index in [2.05, 4.69) is 16.4 Å². The Morgan fingerprint density at radius 3 is 2.88 bits per heavy atom. The molecule has 0 bridgehead atoms. The zero-order chi connectivity index (χ0) is 11.3. The van der Waals surface area contributed by atoms with Gasteiger partial charge in [-0.1, -0.05) is 18.2 Å². The smallest absolute Gasteiger partial charge is 0.0679 e. The van der Waals surface area contributed by atoms with Gasteiger partial charge in [-0.3, -0.25) is 4.98 Å². The first-order chi connectivity index (χ1) is 7.85. The molecule has 3 heteroatoms. The lowest BCUT2D eigenvalue weighted by Crippen LogP contribution is -2.48. The number of pyridine rings is 1. The maximum Gasteiger partial charge on any atom is 0.0679 e. The first-order valence-electron chi connectivity index (χ1n) is 5.57. The number of hydrogen-bond donors (Lipinski definition) is 2. The zero-order valence-electron chi connectivity index (χ0n) is 9.26. The zero-order valence-corrected chi connectivity index (χ0v) is 9.26. The maximum atomic E-state index is 5.83. The maximum absolute atomic E-state index is 5.83. The second-order valence-corrected chi connectivity index (χ2v) is 4.04. The van der Waals surface area contributed by atoms with Gasteiger partial charge in [0.1, 0.15) is 0 Å². The molecule has 1 aromatic rings. The first-order valence-corrected chi connectivity index (χ1v) is 5.57. The number of hydrogen-bond acceptors (Lipinski definition) is 3. The molecule has 1 atom stereocenters. The summed E-state index contributed by atoms with van der Waals surface area (Å²) in [5.74, 6) is 0. The van der Waals surface area contributed by atoms with Crippen LogP contribution in [0.5, 0.6) is 0 Å². The molecule has 0 aliphatic carbocycles. The van der Waals surface area contributed by atoms with E-state index in [1.54, 1.807) is 0 Å². The summed E-state index contributed by atoms with van der Waals surface area (Å²) in [5, 5.41) is 3.33. The van der Waals surface area contributed by atoms with Crippen molar-refractivity contribution in [3.8, 4) is 0 Å². The van der Waals surface area contributed by atoms with Gasteiger partial charge in [0.25, 0.3) is 0 Å². The highest BCUT2D eigenvalue weighted by Gasteiger charge is 2.24. The van der Waals surface area contributed by atoms with Gasteiger partial charge in [-0.2, -0.15) is 0 Å². The van der Waals surface area contributed by atoms with Gasteiger partial charge in [-0.05, 0) is 37.3 Å². The molecule has 0 spiro atoms. The molecule has 0 saturated heterocycles. The Kier molecular flexibility index (Phi) is 3.37. The Hall–Kier alpha value is -1.61. The summed E-state index contributed by atoms with van der Waals surface area (Å²) < 4.78 is 0. The molecule has 84 valence electrons. The Labute approximate surface area is 96.1 Å². The lowest BCUT2D eigenvalue weighted by atomic mass is 9.90. The van der Waals surface area contributed by atoms with Crippen molar-refractivity contribution in [1.29, 1.82) is 0 Å². The van der Waals surface area contributed by atoms with Gasteiger partial charge in [0, 0.05) is 18.4 Å². The lowest BCUT2D eigenvalue weighted by molar-refractivity contribution is 0.426. The van der Waals surface area contributed by atoms with Gasteiger partial charge in [0.15, 0.2) is 0 Å². The number of rotatable bonds is 4. The topological polar surface area (TPSA) is 50.9 Å². The number of aromatic nitrogens is 1.